The van der Waals surface area contributed by atoms with Crippen molar-refractivity contribution in [1.29, 1.82) is 0 Å². The number of aliphatic hydroxyl groups is 1. The molecule has 1 heterocycles. The van der Waals surface area contributed by atoms with Gasteiger partial charge in [0, 0.05) is 25.2 Å². The molecule has 2 bridgehead atoms. The minimum atomic E-state index is -0.540. The molecule has 1 aromatic rings. The van der Waals surface area contributed by atoms with Crippen molar-refractivity contribution in [1.82, 2.24) is 10.4 Å². The van der Waals surface area contributed by atoms with Gasteiger partial charge in [0.05, 0.1) is 5.60 Å². The first-order valence-corrected chi connectivity index (χ1v) is 9.95. The van der Waals surface area contributed by atoms with Crippen LogP contribution >= 0.6 is 0 Å². The molecule has 0 saturated heterocycles. The molecule has 0 radical (unpaired) electrons. The number of benzene rings is 1. The number of carbonyl (C=O) groups excluding carboxylic acids is 1. The lowest BCUT2D eigenvalue weighted by molar-refractivity contribution is -0.0799. The van der Waals surface area contributed by atoms with E-state index in [1.165, 1.54) is 30.4 Å². The number of hydrogen-bond donors (Lipinski definition) is 3. The molecule has 2 fully saturated rings. The fourth-order valence-electron chi connectivity index (χ4n) is 5.89. The number of hydroxylamine groups is 1. The van der Waals surface area contributed by atoms with Crippen LogP contribution in [-0.4, -0.2) is 39.8 Å². The topological polar surface area (TPSA) is 72.8 Å². The highest BCUT2D eigenvalue weighted by atomic mass is 16.5. The highest BCUT2D eigenvalue weighted by molar-refractivity contribution is 5.93. The second kappa shape index (κ2) is 6.95. The van der Waals surface area contributed by atoms with Crippen molar-refractivity contribution in [2.75, 3.05) is 13.1 Å². The molecule has 1 amide bonds. The normalized spacial score (nSPS) is 34.2. The maximum atomic E-state index is 11.6. The first-order chi connectivity index (χ1) is 12.4. The lowest BCUT2D eigenvalue weighted by Crippen LogP contribution is -2.50. The summed E-state index contributed by atoms with van der Waals surface area (Å²) in [6.45, 7) is 4.85. The van der Waals surface area contributed by atoms with Crippen LogP contribution in [-0.2, 0) is 13.0 Å². The van der Waals surface area contributed by atoms with Gasteiger partial charge in [0.1, 0.15) is 0 Å². The zero-order valence-corrected chi connectivity index (χ0v) is 15.6. The summed E-state index contributed by atoms with van der Waals surface area (Å²) < 4.78 is 0. The van der Waals surface area contributed by atoms with E-state index in [0.717, 1.165) is 44.8 Å². The van der Waals surface area contributed by atoms with Gasteiger partial charge in [-0.1, -0.05) is 13.0 Å². The van der Waals surface area contributed by atoms with Gasteiger partial charge in [0.25, 0.3) is 5.91 Å². The maximum Gasteiger partial charge on any atom is 0.274 e. The summed E-state index contributed by atoms with van der Waals surface area (Å²) in [4.78, 5) is 14.0. The van der Waals surface area contributed by atoms with Gasteiger partial charge in [-0.05, 0) is 79.5 Å². The Morgan fingerprint density at radius 2 is 1.96 bits per heavy atom. The van der Waals surface area contributed by atoms with E-state index in [9.17, 15) is 9.90 Å². The lowest BCUT2D eigenvalue weighted by atomic mass is 9.63. The van der Waals surface area contributed by atoms with Crippen molar-refractivity contribution in [3.63, 3.8) is 0 Å². The minimum Gasteiger partial charge on any atom is -0.389 e. The van der Waals surface area contributed by atoms with Gasteiger partial charge in [-0.15, -0.1) is 0 Å². The average Bonchev–Trinajstić information content (AvgIpc) is 2.59. The number of amides is 1. The molecule has 2 atom stereocenters. The summed E-state index contributed by atoms with van der Waals surface area (Å²) in [6.07, 6.45) is 6.64. The van der Waals surface area contributed by atoms with E-state index in [1.54, 1.807) is 11.5 Å². The van der Waals surface area contributed by atoms with Crippen LogP contribution in [0.2, 0.25) is 0 Å². The highest BCUT2D eigenvalue weighted by Crippen LogP contribution is 2.46. The van der Waals surface area contributed by atoms with Crippen LogP contribution in [0.15, 0.2) is 18.2 Å². The first-order valence-electron chi connectivity index (χ1n) is 9.95. The van der Waals surface area contributed by atoms with E-state index in [-0.39, 0.29) is 0 Å². The van der Waals surface area contributed by atoms with Gasteiger partial charge in [0.15, 0.2) is 0 Å². The third-order valence-electron chi connectivity index (χ3n) is 6.65. The monoisotopic (exact) mass is 358 g/mol. The summed E-state index contributed by atoms with van der Waals surface area (Å²) in [7, 11) is 0. The summed E-state index contributed by atoms with van der Waals surface area (Å²) in [5, 5.41) is 20.1. The SMILES string of the molecule is CC1CC2CC(C1)CC(O)(CN1CCc3cc(C(=O)NO)ccc3C1)C2. The standard InChI is InChI=1S/C21H30N2O3/c1-14-6-15-8-16(7-14)11-21(25,10-15)13-23-5-4-17-9-18(20(24)22-26)2-3-19(17)12-23/h2-3,9,14-16,25-26H,4-8,10-13H2,1H3,(H,22,24). The fourth-order valence-corrected chi connectivity index (χ4v) is 5.89. The number of nitrogens with one attached hydrogen (secondary N) is 1. The van der Waals surface area contributed by atoms with Crippen molar-refractivity contribution in [3.05, 3.63) is 34.9 Å². The molecule has 2 aliphatic carbocycles. The van der Waals surface area contributed by atoms with Crippen LogP contribution in [0.4, 0.5) is 0 Å². The van der Waals surface area contributed by atoms with Gasteiger partial charge in [-0.25, -0.2) is 5.48 Å². The largest absolute Gasteiger partial charge is 0.389 e. The van der Waals surface area contributed by atoms with E-state index in [1.807, 2.05) is 12.1 Å². The molecule has 3 N–H and O–H groups in total. The van der Waals surface area contributed by atoms with Crippen molar-refractivity contribution in [2.45, 2.75) is 57.6 Å². The van der Waals surface area contributed by atoms with Gasteiger partial charge in [-0.3, -0.25) is 14.9 Å². The third kappa shape index (κ3) is 3.66. The molecule has 5 nitrogen and oxygen atoms in total. The minimum absolute atomic E-state index is 0.465. The molecular formula is C21H30N2O3. The lowest BCUT2D eigenvalue weighted by Gasteiger charge is -2.48. The van der Waals surface area contributed by atoms with Crippen molar-refractivity contribution < 1.29 is 15.1 Å². The van der Waals surface area contributed by atoms with Crippen LogP contribution in [0.3, 0.4) is 0 Å². The van der Waals surface area contributed by atoms with Crippen molar-refractivity contribution in [3.8, 4) is 0 Å². The molecule has 1 aromatic carbocycles. The Kier molecular flexibility index (Phi) is 4.80. The molecule has 26 heavy (non-hydrogen) atoms. The van der Waals surface area contributed by atoms with Crippen molar-refractivity contribution in [2.24, 2.45) is 17.8 Å². The van der Waals surface area contributed by atoms with Crippen LogP contribution in [0.5, 0.6) is 0 Å². The average molecular weight is 358 g/mol. The third-order valence-corrected chi connectivity index (χ3v) is 6.65. The Balaban J connectivity index is 1.42. The molecule has 2 saturated carbocycles. The van der Waals surface area contributed by atoms with Gasteiger partial charge < -0.3 is 5.11 Å². The van der Waals surface area contributed by atoms with E-state index in [0.29, 0.717) is 17.4 Å². The Labute approximate surface area is 155 Å². The molecule has 1 aliphatic heterocycles. The molecule has 0 aromatic heterocycles. The van der Waals surface area contributed by atoms with Crippen LogP contribution in [0.25, 0.3) is 0 Å². The molecule has 5 heteroatoms. The molecule has 2 unspecified atom stereocenters. The van der Waals surface area contributed by atoms with E-state index < -0.39 is 11.5 Å². The molecule has 142 valence electrons. The number of rotatable bonds is 3. The number of β-amino-alcohol motifs (C(OH)–C–C–N with tert-alkyl or cyclic N) is 1. The molecule has 0 spiro atoms. The zero-order chi connectivity index (χ0) is 18.3. The number of fused-ring (bicyclic) bond motifs is 3. The number of nitrogens with zero attached hydrogens (tertiary/aromatic N) is 1. The quantitative estimate of drug-likeness (QED) is 0.574. The molecule has 3 aliphatic rings. The second-order valence-electron chi connectivity index (χ2n) is 9.06. The van der Waals surface area contributed by atoms with Crippen LogP contribution < -0.4 is 5.48 Å². The van der Waals surface area contributed by atoms with Gasteiger partial charge >= 0.3 is 0 Å². The van der Waals surface area contributed by atoms with Gasteiger partial charge in [-0.2, -0.15) is 0 Å². The maximum absolute atomic E-state index is 11.6. The van der Waals surface area contributed by atoms with Crippen molar-refractivity contribution >= 4 is 5.91 Å². The Morgan fingerprint density at radius 1 is 1.23 bits per heavy atom. The first kappa shape index (κ1) is 18.0. The number of hydrogen-bond acceptors (Lipinski definition) is 4. The molecular weight excluding hydrogens is 328 g/mol. The molecule has 4 rings (SSSR count). The Hall–Kier alpha value is -1.43. The van der Waals surface area contributed by atoms with E-state index >= 15 is 0 Å². The summed E-state index contributed by atoms with van der Waals surface area (Å²) in [5.41, 5.74) is 4.04. The zero-order valence-electron chi connectivity index (χ0n) is 15.6. The van der Waals surface area contributed by atoms with E-state index in [2.05, 4.69) is 11.8 Å². The second-order valence-corrected chi connectivity index (χ2v) is 9.06. The summed E-state index contributed by atoms with van der Waals surface area (Å²) >= 11 is 0. The smallest absolute Gasteiger partial charge is 0.274 e. The number of carbonyl (C=O) groups is 1. The van der Waals surface area contributed by atoms with Gasteiger partial charge in [0.2, 0.25) is 0 Å². The Morgan fingerprint density at radius 3 is 2.65 bits per heavy atom. The predicted octanol–water partition coefficient (Wildman–Crippen LogP) is 2.74. The van der Waals surface area contributed by atoms with E-state index in [4.69, 9.17) is 5.21 Å². The summed E-state index contributed by atoms with van der Waals surface area (Å²) in [5.74, 6) is 1.74. The van der Waals surface area contributed by atoms with Crippen LogP contribution in [0.1, 0.15) is 60.5 Å². The highest BCUT2D eigenvalue weighted by Gasteiger charge is 2.43. The fraction of sp³-hybridized carbons (Fsp3) is 0.667. The van der Waals surface area contributed by atoms with Crippen LogP contribution in [0, 0.1) is 17.8 Å². The summed E-state index contributed by atoms with van der Waals surface area (Å²) in [6, 6.07) is 5.61. The predicted molar refractivity (Wildman–Crippen MR) is 98.9 cm³/mol. The Bertz CT molecular complexity index is 672.